The molecule has 1 N–H and O–H groups in total. The third-order valence-electron chi connectivity index (χ3n) is 3.51. The quantitative estimate of drug-likeness (QED) is 0.293. The van der Waals surface area contributed by atoms with Crippen LogP contribution >= 0.6 is 11.8 Å². The van der Waals surface area contributed by atoms with E-state index in [2.05, 4.69) is 5.32 Å². The molecule has 0 radical (unpaired) electrons. The smallest absolute Gasteiger partial charge is 0.316 e. The lowest BCUT2D eigenvalue weighted by atomic mass is 10.3. The number of para-hydroxylation sites is 1. The van der Waals surface area contributed by atoms with Crippen LogP contribution in [0.15, 0.2) is 29.2 Å². The summed E-state index contributed by atoms with van der Waals surface area (Å²) in [5.74, 6) is -1.58. The topological polar surface area (TPSA) is 119 Å². The molecule has 0 bridgehead atoms. The van der Waals surface area contributed by atoms with E-state index < -0.39 is 23.4 Å². The van der Waals surface area contributed by atoms with E-state index in [0.29, 0.717) is 4.90 Å². The molecule has 0 heterocycles. The van der Waals surface area contributed by atoms with Gasteiger partial charge in [-0.1, -0.05) is 12.1 Å². The molecule has 140 valence electrons. The van der Waals surface area contributed by atoms with Gasteiger partial charge in [-0.2, -0.15) is 0 Å². The van der Waals surface area contributed by atoms with Crippen LogP contribution in [0.2, 0.25) is 0 Å². The average Bonchev–Trinajstić information content (AvgIpc) is 3.41. The summed E-state index contributed by atoms with van der Waals surface area (Å²) in [6, 6.07) is 6.26. The number of nitrogens with zero attached hydrogens (tertiary/aromatic N) is 2. The number of carbonyl (C=O) groups is 3. The van der Waals surface area contributed by atoms with Gasteiger partial charge in [0.25, 0.3) is 11.6 Å². The maximum atomic E-state index is 11.9. The van der Waals surface area contributed by atoms with Crippen molar-refractivity contribution in [2.24, 2.45) is 0 Å². The highest BCUT2D eigenvalue weighted by Crippen LogP contribution is 2.28. The maximum absolute atomic E-state index is 11.9. The van der Waals surface area contributed by atoms with Crippen molar-refractivity contribution in [3.63, 3.8) is 0 Å². The zero-order chi connectivity index (χ0) is 19.1. The molecule has 26 heavy (non-hydrogen) atoms. The summed E-state index contributed by atoms with van der Waals surface area (Å²) in [7, 11) is 1.45. The Kier molecular flexibility index (Phi) is 6.96. The molecule has 0 atom stereocenters. The van der Waals surface area contributed by atoms with Crippen LogP contribution in [0.5, 0.6) is 0 Å². The molecule has 0 unspecified atom stereocenters. The van der Waals surface area contributed by atoms with E-state index in [1.165, 1.54) is 30.1 Å². The molecule has 2 amide bonds. The molecule has 0 spiro atoms. The molecular weight excluding hydrogens is 362 g/mol. The van der Waals surface area contributed by atoms with Crippen LogP contribution in [0.1, 0.15) is 12.8 Å². The van der Waals surface area contributed by atoms with Gasteiger partial charge in [0.2, 0.25) is 5.91 Å². The number of hydrogen-bond donors (Lipinski definition) is 1. The molecular formula is C16H19N3O6S. The fraction of sp³-hybridized carbons (Fsp3) is 0.438. The van der Waals surface area contributed by atoms with Crippen molar-refractivity contribution in [3.8, 4) is 0 Å². The van der Waals surface area contributed by atoms with E-state index in [4.69, 9.17) is 4.74 Å². The molecule has 1 aromatic carbocycles. The van der Waals surface area contributed by atoms with Gasteiger partial charge < -0.3 is 15.0 Å². The van der Waals surface area contributed by atoms with Gasteiger partial charge in [-0.15, -0.1) is 11.8 Å². The number of nitrogens with one attached hydrogen (secondary N) is 1. The van der Waals surface area contributed by atoms with Gasteiger partial charge in [0.15, 0.2) is 6.61 Å². The molecule has 0 aliphatic heterocycles. The SMILES string of the molecule is CN(CC(=O)NC1CC1)C(=O)COC(=O)CSc1ccccc1[N+](=O)[O-]. The predicted molar refractivity (Wildman–Crippen MR) is 93.6 cm³/mol. The Bertz CT molecular complexity index is 707. The van der Waals surface area contributed by atoms with E-state index in [-0.39, 0.29) is 29.9 Å². The third kappa shape index (κ3) is 6.36. The number of benzene rings is 1. The Hall–Kier alpha value is -2.62. The number of nitro groups is 1. The van der Waals surface area contributed by atoms with E-state index >= 15 is 0 Å². The van der Waals surface area contributed by atoms with Crippen molar-refractivity contribution >= 4 is 35.2 Å². The van der Waals surface area contributed by atoms with E-state index in [1.807, 2.05) is 0 Å². The summed E-state index contributed by atoms with van der Waals surface area (Å²) < 4.78 is 4.87. The van der Waals surface area contributed by atoms with Gasteiger partial charge in [-0.3, -0.25) is 24.5 Å². The molecule has 1 aromatic rings. The minimum atomic E-state index is -0.669. The van der Waals surface area contributed by atoms with Crippen molar-refractivity contribution in [1.82, 2.24) is 10.2 Å². The highest BCUT2D eigenvalue weighted by Gasteiger charge is 2.24. The molecule has 1 saturated carbocycles. The number of carbonyl (C=O) groups excluding carboxylic acids is 3. The molecule has 1 aliphatic carbocycles. The van der Waals surface area contributed by atoms with Crippen molar-refractivity contribution in [3.05, 3.63) is 34.4 Å². The minimum absolute atomic E-state index is 0.0946. The Morgan fingerprint density at radius 3 is 2.69 bits per heavy atom. The number of rotatable bonds is 9. The molecule has 0 aromatic heterocycles. The molecule has 10 heteroatoms. The Morgan fingerprint density at radius 1 is 1.35 bits per heavy atom. The largest absolute Gasteiger partial charge is 0.455 e. The van der Waals surface area contributed by atoms with Gasteiger partial charge >= 0.3 is 5.97 Å². The maximum Gasteiger partial charge on any atom is 0.316 e. The van der Waals surface area contributed by atoms with E-state index in [9.17, 15) is 24.5 Å². The van der Waals surface area contributed by atoms with Crippen LogP contribution in [-0.4, -0.2) is 59.6 Å². The number of hydrogen-bond acceptors (Lipinski definition) is 7. The monoisotopic (exact) mass is 381 g/mol. The first kappa shape index (κ1) is 19.7. The van der Waals surface area contributed by atoms with Crippen LogP contribution in [0.25, 0.3) is 0 Å². The minimum Gasteiger partial charge on any atom is -0.455 e. The molecule has 1 fully saturated rings. The molecule has 2 rings (SSSR count). The van der Waals surface area contributed by atoms with Crippen LogP contribution in [0.4, 0.5) is 5.69 Å². The predicted octanol–water partition coefficient (Wildman–Crippen LogP) is 0.967. The third-order valence-corrected chi connectivity index (χ3v) is 4.55. The zero-order valence-corrected chi connectivity index (χ0v) is 15.0. The Balaban J connectivity index is 1.71. The second-order valence-corrected chi connectivity index (χ2v) is 6.78. The second-order valence-electron chi connectivity index (χ2n) is 5.77. The van der Waals surface area contributed by atoms with Gasteiger partial charge in [-0.05, 0) is 18.9 Å². The summed E-state index contributed by atoms with van der Waals surface area (Å²) >= 11 is 0.963. The zero-order valence-electron chi connectivity index (χ0n) is 14.2. The summed E-state index contributed by atoms with van der Waals surface area (Å²) in [6.07, 6.45) is 1.91. The first-order chi connectivity index (χ1) is 12.4. The number of amides is 2. The number of thioether (sulfide) groups is 1. The summed E-state index contributed by atoms with van der Waals surface area (Å²) in [4.78, 5) is 47.1. The second kappa shape index (κ2) is 9.18. The Labute approximate surface area is 154 Å². The lowest BCUT2D eigenvalue weighted by molar-refractivity contribution is -0.387. The Morgan fingerprint density at radius 2 is 2.04 bits per heavy atom. The fourth-order valence-electron chi connectivity index (χ4n) is 1.97. The van der Waals surface area contributed by atoms with E-state index in [1.54, 1.807) is 6.07 Å². The van der Waals surface area contributed by atoms with Crippen molar-refractivity contribution in [2.75, 3.05) is 26.0 Å². The van der Waals surface area contributed by atoms with Gasteiger partial charge in [0.05, 0.1) is 22.1 Å². The average molecular weight is 381 g/mol. The van der Waals surface area contributed by atoms with Crippen molar-refractivity contribution < 1.29 is 24.0 Å². The van der Waals surface area contributed by atoms with E-state index in [0.717, 1.165) is 24.6 Å². The van der Waals surface area contributed by atoms with Crippen molar-refractivity contribution in [2.45, 2.75) is 23.8 Å². The lowest BCUT2D eigenvalue weighted by Gasteiger charge is -2.16. The van der Waals surface area contributed by atoms with Gasteiger partial charge in [0.1, 0.15) is 0 Å². The number of esters is 1. The first-order valence-electron chi connectivity index (χ1n) is 7.92. The lowest BCUT2D eigenvalue weighted by Crippen LogP contribution is -2.40. The fourth-order valence-corrected chi connectivity index (χ4v) is 2.79. The highest BCUT2D eigenvalue weighted by atomic mass is 32.2. The molecule has 9 nitrogen and oxygen atoms in total. The number of nitro benzene ring substituents is 1. The summed E-state index contributed by atoms with van der Waals surface area (Å²) in [6.45, 7) is -0.582. The molecule has 0 saturated heterocycles. The standard InChI is InChI=1S/C16H19N3O6S/c1-18(8-14(20)17-11-6-7-11)15(21)9-25-16(22)10-26-13-5-3-2-4-12(13)19(23)24/h2-5,11H,6-10H2,1H3,(H,17,20). The van der Waals surface area contributed by atoms with Crippen LogP contribution in [-0.2, 0) is 19.1 Å². The van der Waals surface area contributed by atoms with Gasteiger partial charge in [-0.25, -0.2) is 0 Å². The van der Waals surface area contributed by atoms with Crippen LogP contribution in [0, 0.1) is 10.1 Å². The summed E-state index contributed by atoms with van der Waals surface area (Å²) in [5, 5.41) is 13.7. The van der Waals surface area contributed by atoms with Crippen LogP contribution in [0.3, 0.4) is 0 Å². The normalized spacial score (nSPS) is 13.0. The molecule has 1 aliphatic rings. The summed E-state index contributed by atoms with van der Waals surface area (Å²) in [5.41, 5.74) is -0.0946. The van der Waals surface area contributed by atoms with Crippen molar-refractivity contribution in [1.29, 1.82) is 0 Å². The number of ether oxygens (including phenoxy) is 1. The van der Waals surface area contributed by atoms with Crippen LogP contribution < -0.4 is 5.32 Å². The highest BCUT2D eigenvalue weighted by molar-refractivity contribution is 8.00. The number of likely N-dealkylation sites (N-methyl/N-ethyl adjacent to an activating group) is 1. The van der Waals surface area contributed by atoms with Gasteiger partial charge in [0, 0.05) is 19.2 Å². The first-order valence-corrected chi connectivity index (χ1v) is 8.90.